The molecule has 2 heterocycles. The van der Waals surface area contributed by atoms with Gasteiger partial charge in [0.1, 0.15) is 0 Å². The first kappa shape index (κ1) is 21.0. The second-order valence-corrected chi connectivity index (χ2v) is 9.48. The zero-order valence-corrected chi connectivity index (χ0v) is 18.3. The first-order valence-corrected chi connectivity index (χ1v) is 11.8. The summed E-state index contributed by atoms with van der Waals surface area (Å²) < 4.78 is 0. The number of allylic oxidation sites excluding steroid dienone is 1. The Balaban J connectivity index is 1.44. The smallest absolute Gasteiger partial charge is 0.307 e. The predicted molar refractivity (Wildman–Crippen MR) is 120 cm³/mol. The predicted octanol–water partition coefficient (Wildman–Crippen LogP) is 3.78. The summed E-state index contributed by atoms with van der Waals surface area (Å²) in [6.07, 6.45) is 10.1. The summed E-state index contributed by atoms with van der Waals surface area (Å²) in [6.45, 7) is 1.61. The lowest BCUT2D eigenvalue weighted by molar-refractivity contribution is -0.153. The van der Waals surface area contributed by atoms with Crippen molar-refractivity contribution in [2.75, 3.05) is 13.1 Å². The molecule has 6 heteroatoms. The van der Waals surface area contributed by atoms with Crippen LogP contribution in [0.4, 0.5) is 0 Å². The molecule has 1 fully saturated rings. The van der Waals surface area contributed by atoms with E-state index in [2.05, 4.69) is 12.2 Å². The lowest BCUT2D eigenvalue weighted by atomic mass is 9.77. The van der Waals surface area contributed by atoms with Crippen molar-refractivity contribution in [3.05, 3.63) is 58.7 Å². The Hall–Kier alpha value is -2.89. The van der Waals surface area contributed by atoms with Crippen LogP contribution < -0.4 is 0 Å². The summed E-state index contributed by atoms with van der Waals surface area (Å²) >= 11 is 0. The number of carboxylic acid groups (broad SMARTS) is 1. The monoisotopic (exact) mass is 434 g/mol. The number of aliphatic carboxylic acids is 1. The molecule has 168 valence electrons. The number of hydrogen-bond donors (Lipinski definition) is 1. The molecule has 5 rings (SSSR count). The molecule has 2 aliphatic carbocycles. The standard InChI is InChI=1S/C26H30N2O4/c29-24-20-10-4-2-8-18(20)15-27(24)16-23-19-9-3-1-7-17(19)13-14-28(23)25(30)21-11-5-6-12-22(21)26(31)32/h2-4,8-10,21-23H,1,5-7,11-16H2,(H,31,32)/t21-,22+,23-/m1/s1. The van der Waals surface area contributed by atoms with E-state index in [0.29, 0.717) is 32.5 Å². The molecule has 4 aliphatic rings. The van der Waals surface area contributed by atoms with E-state index < -0.39 is 17.8 Å². The van der Waals surface area contributed by atoms with Crippen LogP contribution in [0.3, 0.4) is 0 Å². The van der Waals surface area contributed by atoms with Crippen molar-refractivity contribution in [2.24, 2.45) is 11.8 Å². The summed E-state index contributed by atoms with van der Waals surface area (Å²) in [4.78, 5) is 42.4. The third kappa shape index (κ3) is 3.65. The van der Waals surface area contributed by atoms with Gasteiger partial charge in [0, 0.05) is 25.2 Å². The number of carbonyl (C=O) groups is 3. The van der Waals surface area contributed by atoms with Gasteiger partial charge in [0.15, 0.2) is 0 Å². The van der Waals surface area contributed by atoms with Gasteiger partial charge in [0.05, 0.1) is 17.9 Å². The molecule has 2 amide bonds. The van der Waals surface area contributed by atoms with Crippen LogP contribution in [0.15, 0.2) is 47.6 Å². The Labute approximate surface area is 188 Å². The van der Waals surface area contributed by atoms with Gasteiger partial charge in [-0.25, -0.2) is 0 Å². The Bertz CT molecular complexity index is 1010. The van der Waals surface area contributed by atoms with E-state index in [1.165, 1.54) is 5.57 Å². The van der Waals surface area contributed by atoms with Crippen molar-refractivity contribution in [3.8, 4) is 0 Å². The van der Waals surface area contributed by atoms with E-state index in [-0.39, 0.29) is 17.9 Å². The molecular weight excluding hydrogens is 404 g/mol. The van der Waals surface area contributed by atoms with Crippen molar-refractivity contribution in [3.63, 3.8) is 0 Å². The third-order valence-corrected chi connectivity index (χ3v) is 7.68. The summed E-state index contributed by atoms with van der Waals surface area (Å²) in [5.41, 5.74) is 4.30. The number of hydrogen-bond acceptors (Lipinski definition) is 3. The molecule has 0 spiro atoms. The molecule has 2 aliphatic heterocycles. The lowest BCUT2D eigenvalue weighted by Crippen LogP contribution is -2.54. The average Bonchev–Trinajstić information content (AvgIpc) is 3.14. The van der Waals surface area contributed by atoms with E-state index in [1.807, 2.05) is 34.1 Å². The molecule has 0 saturated heterocycles. The molecule has 1 aromatic carbocycles. The van der Waals surface area contributed by atoms with E-state index in [0.717, 1.165) is 48.8 Å². The number of amides is 2. The van der Waals surface area contributed by atoms with Crippen molar-refractivity contribution in [1.82, 2.24) is 9.80 Å². The lowest BCUT2D eigenvalue weighted by Gasteiger charge is -2.43. The minimum atomic E-state index is -0.862. The van der Waals surface area contributed by atoms with Crippen LogP contribution in [0, 0.1) is 11.8 Å². The molecule has 1 N–H and O–H groups in total. The highest BCUT2D eigenvalue weighted by Gasteiger charge is 2.43. The maximum absolute atomic E-state index is 13.7. The molecule has 0 unspecified atom stereocenters. The maximum Gasteiger partial charge on any atom is 0.307 e. The fraction of sp³-hybridized carbons (Fsp3) is 0.500. The van der Waals surface area contributed by atoms with Crippen LogP contribution in [-0.4, -0.2) is 51.8 Å². The van der Waals surface area contributed by atoms with Crippen LogP contribution in [0.25, 0.3) is 0 Å². The van der Waals surface area contributed by atoms with Gasteiger partial charge >= 0.3 is 5.97 Å². The summed E-state index contributed by atoms with van der Waals surface area (Å²) in [5.74, 6) is -1.96. The van der Waals surface area contributed by atoms with Gasteiger partial charge in [-0.3, -0.25) is 14.4 Å². The van der Waals surface area contributed by atoms with Gasteiger partial charge in [-0.05, 0) is 49.3 Å². The van der Waals surface area contributed by atoms with Crippen LogP contribution >= 0.6 is 0 Å². The Morgan fingerprint density at radius 3 is 2.62 bits per heavy atom. The van der Waals surface area contributed by atoms with E-state index in [9.17, 15) is 19.5 Å². The Morgan fingerprint density at radius 1 is 1.06 bits per heavy atom. The molecule has 32 heavy (non-hydrogen) atoms. The van der Waals surface area contributed by atoms with Crippen molar-refractivity contribution >= 4 is 17.8 Å². The van der Waals surface area contributed by atoms with Crippen LogP contribution in [0.5, 0.6) is 0 Å². The van der Waals surface area contributed by atoms with Crippen molar-refractivity contribution in [2.45, 2.75) is 57.5 Å². The highest BCUT2D eigenvalue weighted by molar-refractivity contribution is 5.98. The molecule has 0 aromatic heterocycles. The molecule has 1 saturated carbocycles. The third-order valence-electron chi connectivity index (χ3n) is 7.68. The topological polar surface area (TPSA) is 77.9 Å². The van der Waals surface area contributed by atoms with Crippen molar-refractivity contribution < 1.29 is 19.5 Å². The normalized spacial score (nSPS) is 27.4. The van der Waals surface area contributed by atoms with Gasteiger partial charge < -0.3 is 14.9 Å². The fourth-order valence-electron chi connectivity index (χ4n) is 5.99. The number of rotatable bonds is 4. The number of benzene rings is 1. The molecule has 0 radical (unpaired) electrons. The summed E-state index contributed by atoms with van der Waals surface area (Å²) in [6, 6.07) is 7.48. The SMILES string of the molecule is O=C(O)[C@H]1CCCC[C@H]1C(=O)N1CCC2=C(C=CCC2)[C@H]1CN1Cc2ccccc2C1=O. The highest BCUT2D eigenvalue weighted by Crippen LogP contribution is 2.37. The molecule has 1 aromatic rings. The zero-order valence-electron chi connectivity index (χ0n) is 18.3. The molecule has 3 atom stereocenters. The summed E-state index contributed by atoms with van der Waals surface area (Å²) in [5, 5.41) is 9.73. The summed E-state index contributed by atoms with van der Waals surface area (Å²) in [7, 11) is 0. The minimum Gasteiger partial charge on any atom is -0.481 e. The van der Waals surface area contributed by atoms with Gasteiger partial charge in [-0.1, -0.05) is 48.8 Å². The number of carboxylic acids is 1. The Morgan fingerprint density at radius 2 is 1.84 bits per heavy atom. The number of carbonyl (C=O) groups excluding carboxylic acids is 2. The minimum absolute atomic E-state index is 0.0154. The highest BCUT2D eigenvalue weighted by atomic mass is 16.4. The second kappa shape index (κ2) is 8.57. The van der Waals surface area contributed by atoms with Gasteiger partial charge in [-0.2, -0.15) is 0 Å². The quantitative estimate of drug-likeness (QED) is 0.782. The first-order valence-electron chi connectivity index (χ1n) is 11.8. The zero-order chi connectivity index (χ0) is 22.2. The van der Waals surface area contributed by atoms with Crippen LogP contribution in [0.2, 0.25) is 0 Å². The fourth-order valence-corrected chi connectivity index (χ4v) is 5.99. The molecular formula is C26H30N2O4. The van der Waals surface area contributed by atoms with Crippen molar-refractivity contribution in [1.29, 1.82) is 0 Å². The van der Waals surface area contributed by atoms with Crippen LogP contribution in [-0.2, 0) is 16.1 Å². The van der Waals surface area contributed by atoms with Gasteiger partial charge in [-0.15, -0.1) is 0 Å². The second-order valence-electron chi connectivity index (χ2n) is 9.48. The van der Waals surface area contributed by atoms with E-state index in [1.54, 1.807) is 0 Å². The Kier molecular flexibility index (Phi) is 5.62. The number of fused-ring (bicyclic) bond motifs is 1. The van der Waals surface area contributed by atoms with E-state index >= 15 is 0 Å². The maximum atomic E-state index is 13.7. The first-order chi connectivity index (χ1) is 15.5. The number of nitrogens with zero attached hydrogens (tertiary/aromatic N) is 2. The average molecular weight is 435 g/mol. The molecule has 0 bridgehead atoms. The largest absolute Gasteiger partial charge is 0.481 e. The van der Waals surface area contributed by atoms with Gasteiger partial charge in [0.25, 0.3) is 5.91 Å². The van der Waals surface area contributed by atoms with Gasteiger partial charge in [0.2, 0.25) is 5.91 Å². The van der Waals surface area contributed by atoms with E-state index in [4.69, 9.17) is 0 Å². The van der Waals surface area contributed by atoms with Crippen LogP contribution in [0.1, 0.15) is 60.9 Å². The molecule has 6 nitrogen and oxygen atoms in total.